The molecule has 119 heavy (non-hydrogen) atoms. The van der Waals surface area contributed by atoms with Gasteiger partial charge in [-0.2, -0.15) is 0 Å². The molecule has 6 atom stereocenters. The Morgan fingerprint density at radius 2 is 0.639 bits per heavy atom. The van der Waals surface area contributed by atoms with Gasteiger partial charge in [0.25, 0.3) is 0 Å². The summed E-state index contributed by atoms with van der Waals surface area (Å²) in [5.74, 6) is 2.93. The largest absolute Gasteiger partial charge is 0.468 e. The summed E-state index contributed by atoms with van der Waals surface area (Å²) in [6.45, 7) is 25.7. The number of carbonyl (C=O) groups excluding carboxylic acids is 7. The van der Waals surface area contributed by atoms with Crippen molar-refractivity contribution in [3.05, 3.63) is 0 Å². The lowest BCUT2D eigenvalue weighted by Gasteiger charge is -2.44. The molecule has 26 heteroatoms. The maximum absolute atomic E-state index is 12.3. The molecule has 14 aliphatic heterocycles. The molecule has 0 bridgehead atoms. The molecular weight excluding hydrogens is 1500 g/mol. The van der Waals surface area contributed by atoms with Crippen LogP contribution in [0.15, 0.2) is 0 Å². The summed E-state index contributed by atoms with van der Waals surface area (Å²) in [4.78, 5) is 119. The van der Waals surface area contributed by atoms with Gasteiger partial charge in [-0.05, 0) is 372 Å². The number of hydrogen-bond acceptors (Lipinski definition) is 19. The Balaban J connectivity index is 0.000000173. The smallest absolute Gasteiger partial charge is 0.323 e. The molecule has 14 fully saturated rings. The molecule has 0 radical (unpaired) electrons. The van der Waals surface area contributed by atoms with Crippen molar-refractivity contribution < 1.29 is 38.3 Å². The van der Waals surface area contributed by atoms with Crippen LogP contribution in [-0.4, -0.2) is 411 Å². The third-order valence-corrected chi connectivity index (χ3v) is 29.9. The molecule has 0 aliphatic carbocycles. The lowest BCUT2D eigenvalue weighted by Crippen LogP contribution is -2.55. The third-order valence-electron chi connectivity index (χ3n) is 29.9. The van der Waals surface area contributed by atoms with E-state index in [4.69, 9.17) is 4.74 Å². The van der Waals surface area contributed by atoms with Crippen molar-refractivity contribution in [1.29, 1.82) is 0 Å². The van der Waals surface area contributed by atoms with E-state index in [1.807, 2.05) is 21.0 Å². The highest BCUT2D eigenvalue weighted by Crippen LogP contribution is 2.35. The summed E-state index contributed by atoms with van der Waals surface area (Å²) < 4.78 is 5.00. The van der Waals surface area contributed by atoms with Gasteiger partial charge < -0.3 is 74.6 Å². The first-order valence-corrected chi connectivity index (χ1v) is 48.6. The highest BCUT2D eigenvalue weighted by molar-refractivity contribution is 5.83. The van der Waals surface area contributed by atoms with E-state index in [9.17, 15) is 33.6 Å². The number of likely N-dealkylation sites (tertiary alicyclic amines) is 14. The number of urea groups is 1. The maximum Gasteiger partial charge on any atom is 0.323 e. The van der Waals surface area contributed by atoms with Crippen LogP contribution >= 0.6 is 0 Å². The number of nitrogens with one attached hydrogen (secondary N) is 3. The van der Waals surface area contributed by atoms with Crippen LogP contribution in [-0.2, 0) is 33.5 Å². The van der Waals surface area contributed by atoms with E-state index in [0.29, 0.717) is 72.4 Å². The molecule has 14 aliphatic rings. The van der Waals surface area contributed by atoms with E-state index >= 15 is 0 Å². The van der Waals surface area contributed by atoms with Gasteiger partial charge in [-0.1, -0.05) is 45.4 Å². The fourth-order valence-corrected chi connectivity index (χ4v) is 22.2. The zero-order chi connectivity index (χ0) is 85.8. The number of esters is 1. The summed E-state index contributed by atoms with van der Waals surface area (Å²) in [6, 6.07) is 4.52. The number of ether oxygens (including phenoxy) is 1. The Labute approximate surface area is 724 Å². The summed E-state index contributed by atoms with van der Waals surface area (Å²) in [6.07, 6.45) is 44.5. The highest BCUT2D eigenvalue weighted by atomic mass is 16.5. The molecule has 0 aromatic carbocycles. The number of nitrogens with zero attached hydrogens (tertiary/aromatic N) is 15. The Hall–Kier alpha value is -4.35. The first-order valence-electron chi connectivity index (χ1n) is 48.6. The standard InChI is InChI=1S/C14H27N3O.C14H26N2O2.C14H26N2O.3C13H25N3O.C12H22N2O/c1-15(2)14(18)13-6-4-5-9-17(13)12-7-10-16(3)11-8-12;1-15-10-7-12(8-11-15)16-9-5-3-4-6-13(16)14(17)18-2;1-3-14(17)16-9-5-4-6-13(16)12-7-10-15(2)11-8-12;2*1-14-13(17)12-5-3-4-8-16(12)11-6-9-15(2)10-7-11;1-14-13(17)16-8-4-3-5-12(16)11-6-9-15(2)10-7-11;1-13-9-6-11(7-10-13)14-8-4-2-3-5-12(14)15/h12-13H,4-11H2,1-3H3;12-13H,3-11H2,1-2H3;12-13H,3-11H2,1-2H3;3*11-12H,3-10H2,1-2H3,(H,14,17);11H,2-10H2,1H3/t13-;;;2*12-;;/m1..10../s1. The van der Waals surface area contributed by atoms with Crippen LogP contribution in [0.1, 0.15) is 251 Å². The number of piperidine rings is 12. The van der Waals surface area contributed by atoms with Gasteiger partial charge in [0.05, 0.1) is 25.2 Å². The van der Waals surface area contributed by atoms with Crippen molar-refractivity contribution in [3.63, 3.8) is 0 Å². The van der Waals surface area contributed by atoms with E-state index in [1.165, 1.54) is 259 Å². The van der Waals surface area contributed by atoms with E-state index in [0.717, 1.165) is 129 Å². The maximum atomic E-state index is 12.3. The van der Waals surface area contributed by atoms with Crippen molar-refractivity contribution in [3.8, 4) is 0 Å². The number of rotatable bonds is 12. The first-order chi connectivity index (χ1) is 57.5. The molecule has 7 amide bonds. The van der Waals surface area contributed by atoms with E-state index in [-0.39, 0.29) is 48.0 Å². The molecule has 26 nitrogen and oxygen atoms in total. The summed E-state index contributed by atoms with van der Waals surface area (Å²) in [5.41, 5.74) is 0. The minimum Gasteiger partial charge on any atom is -0.468 e. The Morgan fingerprint density at radius 3 is 1.02 bits per heavy atom. The van der Waals surface area contributed by atoms with Gasteiger partial charge in [-0.15, -0.1) is 0 Å². The molecule has 3 unspecified atom stereocenters. The Morgan fingerprint density at radius 1 is 0.336 bits per heavy atom. The minimum absolute atomic E-state index is 0.00547. The molecule has 0 aromatic rings. The third kappa shape index (κ3) is 31.9. The predicted molar refractivity (Wildman–Crippen MR) is 483 cm³/mol. The van der Waals surface area contributed by atoms with Crippen LogP contribution < -0.4 is 16.0 Å². The second-order valence-electron chi connectivity index (χ2n) is 38.5. The van der Waals surface area contributed by atoms with E-state index < -0.39 is 0 Å². The van der Waals surface area contributed by atoms with Crippen LogP contribution in [0.4, 0.5) is 4.79 Å². The van der Waals surface area contributed by atoms with E-state index in [2.05, 4.69) is 134 Å². The lowest BCUT2D eigenvalue weighted by molar-refractivity contribution is -0.148. The van der Waals surface area contributed by atoms with Gasteiger partial charge in [0.2, 0.25) is 29.5 Å². The molecule has 3 N–H and O–H groups in total. The topological polar surface area (TPSA) is 213 Å². The summed E-state index contributed by atoms with van der Waals surface area (Å²) in [5, 5.41) is 8.43. The summed E-state index contributed by atoms with van der Waals surface area (Å²) >= 11 is 0. The van der Waals surface area contributed by atoms with Gasteiger partial charge in [0.1, 0.15) is 6.04 Å². The zero-order valence-corrected chi connectivity index (χ0v) is 78.2. The van der Waals surface area contributed by atoms with Crippen molar-refractivity contribution in [1.82, 2.24) is 89.4 Å². The van der Waals surface area contributed by atoms with Gasteiger partial charge in [0, 0.05) is 110 Å². The fourth-order valence-electron chi connectivity index (χ4n) is 22.2. The van der Waals surface area contributed by atoms with Crippen LogP contribution in [0.5, 0.6) is 0 Å². The number of methoxy groups -OCH3 is 1. The molecule has 0 spiro atoms. The lowest BCUT2D eigenvalue weighted by atomic mass is 9.83. The number of hydrogen-bond donors (Lipinski definition) is 3. The van der Waals surface area contributed by atoms with Crippen LogP contribution in [0.2, 0.25) is 0 Å². The average molecular weight is 1670 g/mol. The quantitative estimate of drug-likeness (QED) is 0.156. The van der Waals surface area contributed by atoms with Gasteiger partial charge in [-0.25, -0.2) is 4.79 Å². The van der Waals surface area contributed by atoms with Crippen molar-refractivity contribution >= 4 is 41.5 Å². The van der Waals surface area contributed by atoms with Crippen LogP contribution in [0, 0.1) is 11.8 Å². The molecule has 14 rings (SSSR count). The van der Waals surface area contributed by atoms with Crippen LogP contribution in [0.25, 0.3) is 0 Å². The number of likely N-dealkylation sites (N-methyl/N-ethyl adjacent to an activating group) is 3. The molecule has 0 aromatic heterocycles. The Bertz CT molecular complexity index is 2670. The minimum atomic E-state index is -0.0316. The first kappa shape index (κ1) is 100. The molecular formula is C93H176N18O8. The number of amides is 7. The van der Waals surface area contributed by atoms with E-state index in [1.54, 1.807) is 26.0 Å². The van der Waals surface area contributed by atoms with Crippen molar-refractivity contribution in [2.45, 2.75) is 317 Å². The van der Waals surface area contributed by atoms with Gasteiger partial charge in [0.15, 0.2) is 0 Å². The molecule has 686 valence electrons. The zero-order valence-electron chi connectivity index (χ0n) is 78.2. The second-order valence-corrected chi connectivity index (χ2v) is 38.5. The van der Waals surface area contributed by atoms with Gasteiger partial charge in [-0.3, -0.25) is 48.4 Å². The number of carbonyl (C=O) groups is 7. The average Bonchev–Trinajstić information content (AvgIpc) is 1.76. The molecule has 14 saturated heterocycles. The van der Waals surface area contributed by atoms with Gasteiger partial charge >= 0.3 is 12.0 Å². The fraction of sp³-hybridized carbons (Fsp3) is 0.925. The molecule has 0 saturated carbocycles. The Kier molecular flexibility index (Phi) is 45.3. The van der Waals surface area contributed by atoms with Crippen molar-refractivity contribution in [2.75, 3.05) is 229 Å². The normalized spacial score (nSPS) is 28.4. The molecule has 14 heterocycles. The summed E-state index contributed by atoms with van der Waals surface area (Å²) in [7, 11) is 25.8. The SMILES string of the molecule is CCC(=O)N1CCCCC1C1CCN(C)CC1.CN1CCC(N2CCCCCC2=O)CC1.CN1CCC(N2CCCC[C@@H]2C(=O)N(C)C)CC1.CNC(=O)N1CCCCC1C1CCN(C)CC1.CNC(=O)[C@@H]1CCCCN1C1CCN(C)CC1.CNC(=O)[C@H]1CCCCN1C1CCN(C)CC1.COC(=O)C1CCCCCN1C1CCN(C)CC1. The monoisotopic (exact) mass is 1670 g/mol. The predicted octanol–water partition coefficient (Wildman–Crippen LogP) is 9.01. The second kappa shape index (κ2) is 53.9. The van der Waals surface area contributed by atoms with Crippen molar-refractivity contribution in [2.24, 2.45) is 11.8 Å². The van der Waals surface area contributed by atoms with Crippen LogP contribution in [0.3, 0.4) is 0 Å². The highest BCUT2D eigenvalue weighted by Gasteiger charge is 2.41.